The first-order chi connectivity index (χ1) is 40.2. The number of carbonyl (C=O) groups is 3. The number of ether oxygens (including phenoxy) is 3. The fourth-order valence-corrected chi connectivity index (χ4v) is 9.29. The van der Waals surface area contributed by atoms with Crippen molar-refractivity contribution in [1.29, 1.82) is 0 Å². The van der Waals surface area contributed by atoms with Crippen LogP contribution in [-0.4, -0.2) is 95.9 Å². The minimum Gasteiger partial charge on any atom is -0.463 e. The number of phosphoric ester groups is 2. The average Bonchev–Trinajstić information content (AvgIpc) is 3.47. The molecule has 0 heterocycles. The van der Waals surface area contributed by atoms with Crippen LogP contribution in [0.4, 0.5) is 0 Å². The Balaban J connectivity index is 4.66. The second kappa shape index (κ2) is 58.6. The molecule has 0 saturated heterocycles. The third-order valence-electron chi connectivity index (χ3n) is 12.5. The number of unbranched alkanes of at least 4 members (excludes halogenated alkanes) is 17. The zero-order chi connectivity index (χ0) is 61.0. The molecule has 0 aromatic heterocycles. The first-order valence-electron chi connectivity index (χ1n) is 31.2. The van der Waals surface area contributed by atoms with Crippen LogP contribution < -0.4 is 0 Å². The number of phosphoric acid groups is 2. The predicted octanol–water partition coefficient (Wildman–Crippen LogP) is 16.5. The van der Waals surface area contributed by atoms with Crippen molar-refractivity contribution in [1.82, 2.24) is 0 Å². The summed E-state index contributed by atoms with van der Waals surface area (Å²) in [5.74, 6) is -1.63. The highest BCUT2D eigenvalue weighted by molar-refractivity contribution is 7.47. The zero-order valence-corrected chi connectivity index (χ0v) is 52.9. The normalized spacial score (nSPS) is 15.1. The number of hydrogen-bond acceptors (Lipinski definition) is 14. The van der Waals surface area contributed by atoms with Gasteiger partial charge in [0.05, 0.1) is 26.4 Å². The highest BCUT2D eigenvalue weighted by Gasteiger charge is 2.29. The highest BCUT2D eigenvalue weighted by atomic mass is 31.2. The van der Waals surface area contributed by atoms with Gasteiger partial charge in [0.1, 0.15) is 25.4 Å². The van der Waals surface area contributed by atoms with Gasteiger partial charge in [0.2, 0.25) is 0 Å². The maximum absolute atomic E-state index is 12.8. The van der Waals surface area contributed by atoms with E-state index in [1.807, 2.05) is 0 Å². The Kier molecular flexibility index (Phi) is 55.9. The smallest absolute Gasteiger partial charge is 0.463 e. The molecule has 0 saturated carbocycles. The van der Waals surface area contributed by atoms with Gasteiger partial charge < -0.3 is 34.2 Å². The van der Waals surface area contributed by atoms with E-state index in [4.69, 9.17) is 32.3 Å². The van der Waals surface area contributed by atoms with Crippen LogP contribution in [0.2, 0.25) is 0 Å². The van der Waals surface area contributed by atoms with Crippen LogP contribution in [0.15, 0.2) is 109 Å². The van der Waals surface area contributed by atoms with Crippen LogP contribution in [0.5, 0.6) is 0 Å². The maximum Gasteiger partial charge on any atom is 0.472 e. The number of carbonyl (C=O) groups excluding carboxylic acids is 3. The van der Waals surface area contributed by atoms with Gasteiger partial charge in [-0.15, -0.1) is 0 Å². The molecule has 0 rings (SSSR count). The Morgan fingerprint density at radius 2 is 0.639 bits per heavy atom. The molecule has 0 aliphatic carbocycles. The van der Waals surface area contributed by atoms with Crippen molar-refractivity contribution >= 4 is 33.6 Å². The summed E-state index contributed by atoms with van der Waals surface area (Å²) in [5.41, 5.74) is 0. The monoisotopic (exact) mass is 1210 g/mol. The fourth-order valence-electron chi connectivity index (χ4n) is 7.71. The number of aliphatic hydroxyl groups is 2. The number of allylic oxidation sites excluding steroid dienone is 18. The summed E-state index contributed by atoms with van der Waals surface area (Å²) in [6, 6.07) is 0. The molecule has 0 aromatic carbocycles. The molecule has 0 spiro atoms. The molecule has 0 radical (unpaired) electrons. The minimum absolute atomic E-state index is 0.0858. The molecule has 4 N–H and O–H groups in total. The molecule has 0 aromatic rings. The van der Waals surface area contributed by atoms with E-state index >= 15 is 0 Å². The van der Waals surface area contributed by atoms with E-state index < -0.39 is 91.5 Å². The summed E-state index contributed by atoms with van der Waals surface area (Å²) in [5, 5.41) is 20.5. The van der Waals surface area contributed by atoms with Crippen molar-refractivity contribution in [2.45, 2.75) is 245 Å². The molecule has 83 heavy (non-hydrogen) atoms. The molecular formula is C65H110O16P2. The molecule has 0 bridgehead atoms. The topological polar surface area (TPSA) is 231 Å². The lowest BCUT2D eigenvalue weighted by Gasteiger charge is -2.21. The predicted molar refractivity (Wildman–Crippen MR) is 334 cm³/mol. The first-order valence-corrected chi connectivity index (χ1v) is 34.2. The summed E-state index contributed by atoms with van der Waals surface area (Å²) < 4.78 is 60.6. The summed E-state index contributed by atoms with van der Waals surface area (Å²) in [7, 11) is -9.78. The van der Waals surface area contributed by atoms with Crippen LogP contribution in [0.3, 0.4) is 0 Å². The highest BCUT2D eigenvalue weighted by Crippen LogP contribution is 2.45. The zero-order valence-electron chi connectivity index (χ0n) is 51.1. The molecule has 0 amide bonds. The van der Waals surface area contributed by atoms with E-state index in [1.165, 1.54) is 12.8 Å². The van der Waals surface area contributed by atoms with Crippen LogP contribution >= 0.6 is 15.6 Å². The lowest BCUT2D eigenvalue weighted by atomic mass is 10.1. The van der Waals surface area contributed by atoms with Crippen molar-refractivity contribution in [2.24, 2.45) is 0 Å². The van der Waals surface area contributed by atoms with Gasteiger partial charge in [-0.3, -0.25) is 32.5 Å². The van der Waals surface area contributed by atoms with Crippen LogP contribution in [0.25, 0.3) is 0 Å². The Labute approximate surface area is 500 Å². The first kappa shape index (κ1) is 79.2. The van der Waals surface area contributed by atoms with Crippen LogP contribution in [0, 0.1) is 0 Å². The van der Waals surface area contributed by atoms with Crippen molar-refractivity contribution < 1.29 is 75.8 Å². The number of rotatable bonds is 58. The fraction of sp³-hybridized carbons (Fsp3) is 0.677. The molecule has 476 valence electrons. The largest absolute Gasteiger partial charge is 0.472 e. The number of hydrogen-bond donors (Lipinski definition) is 4. The van der Waals surface area contributed by atoms with Gasteiger partial charge in [-0.2, -0.15) is 0 Å². The van der Waals surface area contributed by atoms with Crippen molar-refractivity contribution in [3.8, 4) is 0 Å². The van der Waals surface area contributed by atoms with Gasteiger partial charge in [0, 0.05) is 19.3 Å². The Morgan fingerprint density at radius 1 is 0.349 bits per heavy atom. The van der Waals surface area contributed by atoms with Gasteiger partial charge >= 0.3 is 33.6 Å². The third kappa shape index (κ3) is 59.7. The quantitative estimate of drug-likeness (QED) is 0.0146. The molecule has 18 heteroatoms. The van der Waals surface area contributed by atoms with Crippen molar-refractivity contribution in [3.05, 3.63) is 109 Å². The Bertz CT molecular complexity index is 1960. The van der Waals surface area contributed by atoms with E-state index in [0.717, 1.165) is 154 Å². The Hall–Kier alpha value is -3.79. The lowest BCUT2D eigenvalue weighted by Crippen LogP contribution is -2.30. The molecule has 0 aliphatic rings. The third-order valence-corrected chi connectivity index (χ3v) is 14.4. The van der Waals surface area contributed by atoms with Crippen LogP contribution in [-0.2, 0) is 55.8 Å². The number of aliphatic hydroxyl groups excluding tert-OH is 2. The van der Waals surface area contributed by atoms with Gasteiger partial charge in [-0.1, -0.05) is 201 Å². The summed E-state index contributed by atoms with van der Waals surface area (Å²) in [6.45, 7) is 2.31. The van der Waals surface area contributed by atoms with E-state index in [0.29, 0.717) is 19.3 Å². The molecule has 16 nitrogen and oxygen atoms in total. The Morgan fingerprint density at radius 3 is 1.02 bits per heavy atom. The van der Waals surface area contributed by atoms with Crippen molar-refractivity contribution in [2.75, 3.05) is 39.6 Å². The summed E-state index contributed by atoms with van der Waals surface area (Å²) in [6.07, 6.45) is 63.0. The molecular weight excluding hydrogens is 1100 g/mol. The second-order valence-electron chi connectivity index (χ2n) is 20.4. The van der Waals surface area contributed by atoms with Gasteiger partial charge in [0.15, 0.2) is 6.10 Å². The maximum atomic E-state index is 12.8. The molecule has 5 atom stereocenters. The summed E-state index contributed by atoms with van der Waals surface area (Å²) >= 11 is 0. The van der Waals surface area contributed by atoms with Gasteiger partial charge in [-0.05, 0) is 116 Å². The van der Waals surface area contributed by atoms with Gasteiger partial charge in [-0.25, -0.2) is 9.13 Å². The standard InChI is InChI=1S/C65H110O16P2/c1-4-7-10-13-16-19-22-24-26-28-29-31-33-34-37-39-42-45-48-51-63(68)75-54-60(66)55-77-82(71,72)78-56-61(67)57-79-83(73,74)80-59-62(81-65(70)53-50-47-44-41-36-21-18-15-12-9-6-3)58-76-64(69)52-49-46-43-40-38-35-32-30-27-25-23-20-17-14-11-8-5-2/h7-8,10-11,15-20,24-27,29,31-32,35,60-62,66-67H,4-6,9,12-14,21-23,28,30,33-34,36-59H2,1-3H3,(H,71,72)(H,73,74)/b10-7-,11-8-,18-15-,19-16-,20-17-,26-24-,27-25-,31-29-,35-32-. The second-order valence-corrected chi connectivity index (χ2v) is 23.3. The van der Waals surface area contributed by atoms with E-state index in [1.54, 1.807) is 0 Å². The number of esters is 3. The molecule has 0 aliphatic heterocycles. The molecule has 5 unspecified atom stereocenters. The van der Waals surface area contributed by atoms with Gasteiger partial charge in [0.25, 0.3) is 0 Å². The van der Waals surface area contributed by atoms with E-state index in [2.05, 4.69) is 130 Å². The van der Waals surface area contributed by atoms with E-state index in [9.17, 15) is 43.5 Å². The SMILES string of the molecule is CC/C=C\C/C=C\C/C=C\C/C=C\CCCCCCCCC(=O)OCC(O)COP(=O)(O)OCC(O)COP(=O)(O)OCC(COC(=O)CCCCCC/C=C\C/C=C\C/C=C\C/C=C\CC)OC(=O)CCCCCCC/C=C\CCCC. The minimum atomic E-state index is -4.93. The lowest BCUT2D eigenvalue weighted by molar-refractivity contribution is -0.161. The average molecular weight is 1210 g/mol. The van der Waals surface area contributed by atoms with E-state index in [-0.39, 0.29) is 19.3 Å². The van der Waals surface area contributed by atoms with Crippen LogP contribution in [0.1, 0.15) is 226 Å². The summed E-state index contributed by atoms with van der Waals surface area (Å²) in [4.78, 5) is 58.1. The molecule has 0 fully saturated rings. The van der Waals surface area contributed by atoms with Crippen molar-refractivity contribution in [3.63, 3.8) is 0 Å².